The molecule has 0 aliphatic carbocycles. The summed E-state index contributed by atoms with van der Waals surface area (Å²) in [6.45, 7) is 0. The number of para-hydroxylation sites is 5. The topological polar surface area (TPSA) is 61.7 Å². The van der Waals surface area contributed by atoms with Gasteiger partial charge in [-0.2, -0.15) is 0 Å². The molecule has 0 bridgehead atoms. The molecule has 0 unspecified atom stereocenters. The van der Waals surface area contributed by atoms with Crippen molar-refractivity contribution in [2.75, 3.05) is 0 Å². The number of furan rings is 1. The summed E-state index contributed by atoms with van der Waals surface area (Å²) in [6.07, 6.45) is 0. The molecule has 15 rings (SSSR count). The monoisotopic (exact) mass is 957 g/mol. The van der Waals surface area contributed by atoms with Gasteiger partial charge in [0.1, 0.15) is 11.2 Å². The third kappa shape index (κ3) is 7.07. The third-order valence-electron chi connectivity index (χ3n) is 14.8. The lowest BCUT2D eigenvalue weighted by molar-refractivity contribution is 0.669. The van der Waals surface area contributed by atoms with Crippen molar-refractivity contribution < 1.29 is 4.42 Å². The Morgan fingerprint density at radius 3 is 1.17 bits per heavy atom. The van der Waals surface area contributed by atoms with E-state index in [9.17, 15) is 0 Å². The van der Waals surface area contributed by atoms with Crippen LogP contribution in [-0.2, 0) is 0 Å². The highest BCUT2D eigenvalue weighted by atomic mass is 16.3. The minimum absolute atomic E-state index is 0.576. The molecular formula is C69H43N5O. The second-order valence-corrected chi connectivity index (χ2v) is 19.1. The molecule has 11 aromatic carbocycles. The number of aromatic nitrogens is 5. The molecule has 6 nitrogen and oxygen atoms in total. The summed E-state index contributed by atoms with van der Waals surface area (Å²) in [5, 5.41) is 6.98. The van der Waals surface area contributed by atoms with E-state index in [-0.39, 0.29) is 0 Å². The Kier molecular flexibility index (Phi) is 9.78. The Morgan fingerprint density at radius 2 is 0.627 bits per heavy atom. The summed E-state index contributed by atoms with van der Waals surface area (Å²) in [5.41, 5.74) is 17.6. The van der Waals surface area contributed by atoms with Crippen molar-refractivity contribution in [3.8, 4) is 78.9 Å². The van der Waals surface area contributed by atoms with Crippen molar-refractivity contribution in [3.05, 3.63) is 261 Å². The molecule has 6 heteroatoms. The first-order valence-corrected chi connectivity index (χ1v) is 25.3. The summed E-state index contributed by atoms with van der Waals surface area (Å²) in [5.74, 6) is 1.75. The average molecular weight is 958 g/mol. The van der Waals surface area contributed by atoms with E-state index in [1.54, 1.807) is 0 Å². The smallest absolute Gasteiger partial charge is 0.164 e. The van der Waals surface area contributed by atoms with Gasteiger partial charge in [-0.15, -0.1) is 0 Å². The summed E-state index contributed by atoms with van der Waals surface area (Å²) in [4.78, 5) is 16.1. The van der Waals surface area contributed by atoms with Crippen molar-refractivity contribution in [2.24, 2.45) is 0 Å². The van der Waals surface area contributed by atoms with E-state index in [0.29, 0.717) is 17.5 Å². The van der Waals surface area contributed by atoms with E-state index < -0.39 is 0 Å². The van der Waals surface area contributed by atoms with Gasteiger partial charge in [0, 0.05) is 60.1 Å². The summed E-state index contributed by atoms with van der Waals surface area (Å²) in [6, 6.07) is 92.4. The van der Waals surface area contributed by atoms with Gasteiger partial charge in [-0.3, -0.25) is 0 Å². The third-order valence-corrected chi connectivity index (χ3v) is 14.8. The van der Waals surface area contributed by atoms with Crippen LogP contribution in [0.4, 0.5) is 0 Å². The molecule has 0 aliphatic heterocycles. The fourth-order valence-corrected chi connectivity index (χ4v) is 11.3. The van der Waals surface area contributed by atoms with Crippen molar-refractivity contribution in [2.45, 2.75) is 0 Å². The first-order valence-electron chi connectivity index (χ1n) is 25.3. The number of hydrogen-bond donors (Lipinski definition) is 0. The SMILES string of the molecule is c1ccc(-c2nc(-c3ccc(-c4ccccc4)c(-n4c5ccccc5c5ccccc54)c3)nc(-c3ccc(-c4cccc(-c5ccc6oc7ccccc7c6c5)c4)c(-n4c5ccccc5c5ccccc54)c3)n2)cc1. The van der Waals surface area contributed by atoms with Crippen LogP contribution in [0.5, 0.6) is 0 Å². The molecule has 0 saturated carbocycles. The molecule has 15 aromatic rings. The summed E-state index contributed by atoms with van der Waals surface area (Å²) >= 11 is 0. The zero-order valence-electron chi connectivity index (χ0n) is 40.5. The molecule has 0 saturated heterocycles. The van der Waals surface area contributed by atoms with Crippen LogP contribution in [-0.4, -0.2) is 24.1 Å². The Labute approximate surface area is 431 Å². The van der Waals surface area contributed by atoms with Gasteiger partial charge in [0.05, 0.1) is 33.4 Å². The van der Waals surface area contributed by atoms with Crippen LogP contribution in [0.2, 0.25) is 0 Å². The van der Waals surface area contributed by atoms with Gasteiger partial charge >= 0.3 is 0 Å². The molecule has 350 valence electrons. The van der Waals surface area contributed by atoms with Crippen LogP contribution in [0.25, 0.3) is 144 Å². The van der Waals surface area contributed by atoms with E-state index >= 15 is 0 Å². The van der Waals surface area contributed by atoms with Gasteiger partial charge < -0.3 is 13.6 Å². The second kappa shape index (κ2) is 17.3. The van der Waals surface area contributed by atoms with Crippen molar-refractivity contribution >= 4 is 65.6 Å². The van der Waals surface area contributed by atoms with E-state index in [2.05, 4.69) is 240 Å². The lowest BCUT2D eigenvalue weighted by Crippen LogP contribution is -2.03. The number of nitrogens with zero attached hydrogens (tertiary/aromatic N) is 5. The molecule has 4 aromatic heterocycles. The molecule has 0 atom stereocenters. The Balaban J connectivity index is 0.946. The number of benzene rings is 11. The standard InChI is InChI=1S/C69H43N5O/c1-3-18-44(19-4-1)51-37-34-49(42-63(51)73-59-29-12-7-24-53(59)54-25-8-13-30-60(54)73)68-70-67(45-20-5-2-6-21-45)71-69(72-68)50-35-38-52(64(43-50)74-61-31-14-9-26-55(61)56-27-10-15-32-62(56)74)48-23-17-22-46(40-48)47-36-39-66-58(41-47)57-28-11-16-33-65(57)75-66/h1-43H. The minimum atomic E-state index is 0.576. The zero-order chi connectivity index (χ0) is 49.4. The van der Waals surface area contributed by atoms with E-state index in [1.807, 2.05) is 30.3 Å². The van der Waals surface area contributed by atoms with Crippen LogP contribution in [0.15, 0.2) is 265 Å². The quantitative estimate of drug-likeness (QED) is 0.152. The Hall–Kier alpha value is -10.2. The van der Waals surface area contributed by atoms with Gasteiger partial charge in [0.2, 0.25) is 0 Å². The largest absolute Gasteiger partial charge is 0.456 e. The highest BCUT2D eigenvalue weighted by Gasteiger charge is 2.22. The zero-order valence-corrected chi connectivity index (χ0v) is 40.5. The number of rotatable bonds is 8. The van der Waals surface area contributed by atoms with Crippen LogP contribution < -0.4 is 0 Å². The number of fused-ring (bicyclic) bond motifs is 9. The fraction of sp³-hybridized carbons (Fsp3) is 0. The minimum Gasteiger partial charge on any atom is -0.456 e. The highest BCUT2D eigenvalue weighted by Crippen LogP contribution is 2.42. The van der Waals surface area contributed by atoms with Gasteiger partial charge in [0.15, 0.2) is 17.5 Å². The van der Waals surface area contributed by atoms with Crippen LogP contribution in [0.3, 0.4) is 0 Å². The lowest BCUT2D eigenvalue weighted by Gasteiger charge is -2.17. The number of hydrogen-bond acceptors (Lipinski definition) is 4. The first kappa shape index (κ1) is 42.5. The molecular weight excluding hydrogens is 915 g/mol. The van der Waals surface area contributed by atoms with Gasteiger partial charge in [-0.25, -0.2) is 15.0 Å². The maximum atomic E-state index is 6.23. The maximum absolute atomic E-state index is 6.23. The van der Waals surface area contributed by atoms with E-state index in [1.165, 1.54) is 21.5 Å². The lowest BCUT2D eigenvalue weighted by atomic mass is 9.96. The molecule has 0 fully saturated rings. The first-order chi connectivity index (χ1) is 37.2. The highest BCUT2D eigenvalue weighted by molar-refractivity contribution is 6.11. The van der Waals surface area contributed by atoms with Crippen molar-refractivity contribution in [3.63, 3.8) is 0 Å². The molecule has 4 heterocycles. The summed E-state index contributed by atoms with van der Waals surface area (Å²) < 4.78 is 11.0. The fourth-order valence-electron chi connectivity index (χ4n) is 11.3. The van der Waals surface area contributed by atoms with E-state index in [0.717, 1.165) is 105 Å². The average Bonchev–Trinajstić information content (AvgIpc) is 4.19. The van der Waals surface area contributed by atoms with E-state index in [4.69, 9.17) is 19.4 Å². The molecule has 0 N–H and O–H groups in total. The Bertz CT molecular complexity index is 4610. The molecule has 0 radical (unpaired) electrons. The van der Waals surface area contributed by atoms with Gasteiger partial charge in [0.25, 0.3) is 0 Å². The summed E-state index contributed by atoms with van der Waals surface area (Å²) in [7, 11) is 0. The van der Waals surface area contributed by atoms with Crippen LogP contribution in [0, 0.1) is 0 Å². The molecule has 0 aliphatic rings. The predicted molar refractivity (Wildman–Crippen MR) is 308 cm³/mol. The van der Waals surface area contributed by atoms with Crippen LogP contribution >= 0.6 is 0 Å². The van der Waals surface area contributed by atoms with Crippen LogP contribution in [0.1, 0.15) is 0 Å². The maximum Gasteiger partial charge on any atom is 0.164 e. The normalized spacial score (nSPS) is 11.7. The molecule has 0 spiro atoms. The molecule has 0 amide bonds. The Morgan fingerprint density at radius 1 is 0.240 bits per heavy atom. The molecule has 75 heavy (non-hydrogen) atoms. The van der Waals surface area contributed by atoms with Crippen molar-refractivity contribution in [1.29, 1.82) is 0 Å². The predicted octanol–water partition coefficient (Wildman–Crippen LogP) is 18.0. The van der Waals surface area contributed by atoms with Gasteiger partial charge in [-0.05, 0) is 82.9 Å². The van der Waals surface area contributed by atoms with Crippen molar-refractivity contribution in [1.82, 2.24) is 24.1 Å². The van der Waals surface area contributed by atoms with Gasteiger partial charge in [-0.1, -0.05) is 200 Å². The second-order valence-electron chi connectivity index (χ2n) is 19.1.